The van der Waals surface area contributed by atoms with Gasteiger partial charge in [-0.1, -0.05) is 17.7 Å². The second kappa shape index (κ2) is 9.85. The van der Waals surface area contributed by atoms with Crippen LogP contribution < -0.4 is 11.1 Å². The zero-order valence-electron chi connectivity index (χ0n) is 19.1. The number of amides is 3. The van der Waals surface area contributed by atoms with Gasteiger partial charge >= 0.3 is 0 Å². The van der Waals surface area contributed by atoms with E-state index in [1.54, 1.807) is 30.5 Å². The van der Waals surface area contributed by atoms with Crippen molar-refractivity contribution in [3.05, 3.63) is 59.8 Å². The van der Waals surface area contributed by atoms with Crippen LogP contribution in [0.1, 0.15) is 16.9 Å². The smallest absolute Gasteiger partial charge is 0.269 e. The summed E-state index contributed by atoms with van der Waals surface area (Å²) in [5, 5.41) is 14.9. The van der Waals surface area contributed by atoms with Crippen molar-refractivity contribution in [2.75, 3.05) is 11.9 Å². The second-order valence-electron chi connectivity index (χ2n) is 8.32. The quantitative estimate of drug-likeness (QED) is 0.360. The molecule has 188 valence electrons. The van der Waals surface area contributed by atoms with Gasteiger partial charge in [-0.05, 0) is 29.8 Å². The summed E-state index contributed by atoms with van der Waals surface area (Å²) in [7, 11) is 0. The summed E-state index contributed by atoms with van der Waals surface area (Å²) in [6.45, 7) is -0.613. The number of nitrogens with two attached hydrogens (primary N) is 1. The van der Waals surface area contributed by atoms with Gasteiger partial charge in [0.2, 0.25) is 17.8 Å². The van der Waals surface area contributed by atoms with E-state index in [9.17, 15) is 18.8 Å². The number of nitrogens with zero attached hydrogens (tertiary/aromatic N) is 7. The number of rotatable bonds is 6. The molecule has 2 atom stereocenters. The molecule has 5 rings (SSSR count). The zero-order chi connectivity index (χ0) is 26.1. The second-order valence-corrected chi connectivity index (χ2v) is 8.71. The fraction of sp³-hybridized carbons (Fsp3) is 0.217. The summed E-state index contributed by atoms with van der Waals surface area (Å²) in [5.74, 6) is -2.04. The molecule has 0 spiro atoms. The van der Waals surface area contributed by atoms with Gasteiger partial charge in [0.1, 0.15) is 23.9 Å². The SMILES string of the molecule is NC(=O)c1nn(CC(=O)N2CC(F)CC2C(=O)Nc2nccc(Cl)n2)c2ccc(-c3ccnnc3)cc12. The Hall–Kier alpha value is -4.52. The van der Waals surface area contributed by atoms with Crippen LogP contribution in [0.5, 0.6) is 0 Å². The molecule has 2 unspecified atom stereocenters. The zero-order valence-corrected chi connectivity index (χ0v) is 19.8. The Bertz CT molecular complexity index is 1510. The summed E-state index contributed by atoms with van der Waals surface area (Å²) < 4.78 is 15.6. The van der Waals surface area contributed by atoms with Crippen LogP contribution >= 0.6 is 11.6 Å². The highest BCUT2D eigenvalue weighted by Gasteiger charge is 2.40. The highest BCUT2D eigenvalue weighted by Crippen LogP contribution is 2.27. The van der Waals surface area contributed by atoms with E-state index in [4.69, 9.17) is 17.3 Å². The van der Waals surface area contributed by atoms with E-state index >= 15 is 0 Å². The number of likely N-dealkylation sites (tertiary alicyclic amines) is 1. The Morgan fingerprint density at radius 2 is 1.97 bits per heavy atom. The molecular weight excluding hydrogens is 505 g/mol. The van der Waals surface area contributed by atoms with Crippen LogP contribution in [0, 0.1) is 0 Å². The van der Waals surface area contributed by atoms with Crippen LogP contribution in [-0.4, -0.2) is 71.3 Å². The van der Waals surface area contributed by atoms with Gasteiger partial charge in [-0.15, -0.1) is 0 Å². The van der Waals surface area contributed by atoms with E-state index < -0.39 is 29.9 Å². The third kappa shape index (κ3) is 4.93. The number of hydrogen-bond acceptors (Lipinski definition) is 8. The molecule has 0 bridgehead atoms. The molecule has 3 amide bonds. The number of alkyl halides is 1. The number of benzene rings is 1. The Labute approximate surface area is 213 Å². The molecule has 1 aliphatic heterocycles. The number of anilines is 1. The molecule has 3 N–H and O–H groups in total. The average Bonchev–Trinajstić information content (AvgIpc) is 3.45. The van der Waals surface area contributed by atoms with Crippen molar-refractivity contribution >= 4 is 46.2 Å². The lowest BCUT2D eigenvalue weighted by atomic mass is 10.0. The topological polar surface area (TPSA) is 162 Å². The average molecular weight is 524 g/mol. The summed E-state index contributed by atoms with van der Waals surface area (Å²) in [4.78, 5) is 47.1. The van der Waals surface area contributed by atoms with Gasteiger partial charge in [-0.25, -0.2) is 14.4 Å². The molecule has 0 radical (unpaired) electrons. The van der Waals surface area contributed by atoms with Gasteiger partial charge < -0.3 is 10.6 Å². The largest absolute Gasteiger partial charge is 0.364 e. The molecule has 37 heavy (non-hydrogen) atoms. The molecular formula is C23H19ClFN9O3. The minimum atomic E-state index is -1.40. The first kappa shape index (κ1) is 24.2. The van der Waals surface area contributed by atoms with Crippen molar-refractivity contribution in [1.29, 1.82) is 0 Å². The van der Waals surface area contributed by atoms with Gasteiger partial charge in [-0.3, -0.25) is 24.4 Å². The molecule has 14 heteroatoms. The number of carbonyl (C=O) groups excluding carboxylic acids is 3. The molecule has 4 heterocycles. The first-order valence-corrected chi connectivity index (χ1v) is 11.5. The number of aromatic nitrogens is 6. The summed E-state index contributed by atoms with van der Waals surface area (Å²) in [5.41, 5.74) is 7.50. The van der Waals surface area contributed by atoms with Gasteiger partial charge in [-0.2, -0.15) is 15.3 Å². The minimum absolute atomic E-state index is 0.0242. The fourth-order valence-corrected chi connectivity index (χ4v) is 4.38. The third-order valence-electron chi connectivity index (χ3n) is 5.92. The maximum absolute atomic E-state index is 14.3. The van der Waals surface area contributed by atoms with Crippen LogP contribution in [0.2, 0.25) is 5.15 Å². The molecule has 4 aromatic rings. The molecule has 1 aromatic carbocycles. The number of nitrogens with one attached hydrogen (secondary N) is 1. The standard InChI is InChI=1S/C23H19ClFN9O3/c24-18-4-5-27-23(30-18)31-22(37)17-8-14(25)10-33(17)19(35)11-34-16-2-1-12(13-3-6-28-29-9-13)7-15(16)20(32-34)21(26)36/h1-7,9,14,17H,8,10-11H2,(H2,26,36)(H,27,30,31,37). The van der Waals surface area contributed by atoms with Gasteiger partial charge in [0.05, 0.1) is 24.5 Å². The van der Waals surface area contributed by atoms with E-state index in [1.807, 2.05) is 0 Å². The van der Waals surface area contributed by atoms with Crippen molar-refractivity contribution < 1.29 is 18.8 Å². The van der Waals surface area contributed by atoms with E-state index in [1.165, 1.54) is 23.1 Å². The van der Waals surface area contributed by atoms with Crippen molar-refractivity contribution in [3.8, 4) is 11.1 Å². The molecule has 1 saturated heterocycles. The minimum Gasteiger partial charge on any atom is -0.364 e. The Morgan fingerprint density at radius 1 is 1.14 bits per heavy atom. The van der Waals surface area contributed by atoms with Crippen LogP contribution in [-0.2, 0) is 16.1 Å². The lowest BCUT2D eigenvalue weighted by Crippen LogP contribution is -2.44. The number of halogens is 2. The first-order valence-electron chi connectivity index (χ1n) is 11.1. The molecule has 0 aliphatic carbocycles. The van der Waals surface area contributed by atoms with Crippen molar-refractivity contribution in [3.63, 3.8) is 0 Å². The maximum atomic E-state index is 14.3. The normalized spacial score (nSPS) is 17.2. The number of hydrogen-bond donors (Lipinski definition) is 2. The van der Waals surface area contributed by atoms with Gasteiger partial charge in [0.15, 0.2) is 5.69 Å². The van der Waals surface area contributed by atoms with Crippen molar-refractivity contribution in [2.24, 2.45) is 5.73 Å². The van der Waals surface area contributed by atoms with Crippen molar-refractivity contribution in [1.82, 2.24) is 34.8 Å². The molecule has 0 saturated carbocycles. The summed E-state index contributed by atoms with van der Waals surface area (Å²) in [6.07, 6.45) is 2.88. The fourth-order valence-electron chi connectivity index (χ4n) is 4.24. The Kier molecular flexibility index (Phi) is 6.44. The number of primary amides is 1. The van der Waals surface area contributed by atoms with Crippen molar-refractivity contribution in [2.45, 2.75) is 25.2 Å². The molecule has 1 aliphatic rings. The summed E-state index contributed by atoms with van der Waals surface area (Å²) in [6, 6.07) is 7.29. The van der Waals surface area contributed by atoms with E-state index in [0.29, 0.717) is 10.9 Å². The molecule has 12 nitrogen and oxygen atoms in total. The van der Waals surface area contributed by atoms with Crippen LogP contribution in [0.3, 0.4) is 0 Å². The van der Waals surface area contributed by atoms with Crippen LogP contribution in [0.4, 0.5) is 10.3 Å². The maximum Gasteiger partial charge on any atom is 0.269 e. The Morgan fingerprint density at radius 3 is 2.70 bits per heavy atom. The van der Waals surface area contributed by atoms with E-state index in [-0.39, 0.29) is 36.3 Å². The first-order chi connectivity index (χ1) is 17.8. The highest BCUT2D eigenvalue weighted by molar-refractivity contribution is 6.29. The lowest BCUT2D eigenvalue weighted by molar-refractivity contribution is -0.137. The number of carbonyl (C=O) groups is 3. The van der Waals surface area contributed by atoms with Crippen LogP contribution in [0.15, 0.2) is 48.9 Å². The highest BCUT2D eigenvalue weighted by atomic mass is 35.5. The summed E-state index contributed by atoms with van der Waals surface area (Å²) >= 11 is 5.82. The molecule has 1 fully saturated rings. The monoisotopic (exact) mass is 523 g/mol. The predicted molar refractivity (Wildman–Crippen MR) is 130 cm³/mol. The predicted octanol–water partition coefficient (Wildman–Crippen LogP) is 1.61. The van der Waals surface area contributed by atoms with Gasteiger partial charge in [0, 0.05) is 23.6 Å². The molecule has 3 aromatic heterocycles. The van der Waals surface area contributed by atoms with Crippen LogP contribution in [0.25, 0.3) is 22.0 Å². The Balaban J connectivity index is 1.41. The van der Waals surface area contributed by atoms with Gasteiger partial charge in [0.25, 0.3) is 5.91 Å². The lowest BCUT2D eigenvalue weighted by Gasteiger charge is -2.23. The van der Waals surface area contributed by atoms with E-state index in [0.717, 1.165) is 16.0 Å². The number of fused-ring (bicyclic) bond motifs is 1. The van der Waals surface area contributed by atoms with E-state index in [2.05, 4.69) is 30.6 Å². The third-order valence-corrected chi connectivity index (χ3v) is 6.13.